The first kappa shape index (κ1) is 15.9. The van der Waals surface area contributed by atoms with E-state index in [9.17, 15) is 9.18 Å². The maximum atomic E-state index is 13.0. The average molecular weight is 346 g/mol. The molecule has 0 saturated heterocycles. The van der Waals surface area contributed by atoms with Gasteiger partial charge in [-0.2, -0.15) is 0 Å². The third-order valence-corrected chi connectivity index (χ3v) is 3.96. The van der Waals surface area contributed by atoms with Crippen LogP contribution < -0.4 is 10.1 Å². The van der Waals surface area contributed by atoms with Crippen LogP contribution >= 0.6 is 0 Å². The van der Waals surface area contributed by atoms with Gasteiger partial charge in [0.2, 0.25) is 0 Å². The predicted octanol–water partition coefficient (Wildman–Crippen LogP) is 5.35. The van der Waals surface area contributed by atoms with Crippen LogP contribution in [0.4, 0.5) is 10.1 Å². The van der Waals surface area contributed by atoms with Crippen LogP contribution in [0.15, 0.2) is 79.0 Å². The highest BCUT2D eigenvalue weighted by atomic mass is 19.1. The first-order valence-corrected chi connectivity index (χ1v) is 8.09. The van der Waals surface area contributed by atoms with Crippen LogP contribution in [0.3, 0.4) is 0 Å². The number of halogens is 1. The molecular weight excluding hydrogens is 331 g/mol. The third kappa shape index (κ3) is 3.42. The fourth-order valence-corrected chi connectivity index (χ4v) is 2.67. The van der Waals surface area contributed by atoms with Gasteiger partial charge >= 0.3 is 0 Å². The molecule has 0 radical (unpaired) electrons. The standard InChI is InChI=1S/C21H15FN2O2/c22-16-4-6-17(7-5-16)24-21(25)15-2-1-3-18(13-15)26-19-8-9-20-14(12-19)10-11-23-20/h1-13,23H,(H,24,25). The highest BCUT2D eigenvalue weighted by Crippen LogP contribution is 2.26. The number of carbonyl (C=O) groups is 1. The first-order chi connectivity index (χ1) is 12.7. The molecule has 0 saturated carbocycles. The Balaban J connectivity index is 1.51. The minimum Gasteiger partial charge on any atom is -0.457 e. The molecule has 4 aromatic rings. The summed E-state index contributed by atoms with van der Waals surface area (Å²) in [6.07, 6.45) is 1.87. The number of fused-ring (bicyclic) bond motifs is 1. The molecule has 0 bridgehead atoms. The fourth-order valence-electron chi connectivity index (χ4n) is 2.67. The number of anilines is 1. The van der Waals surface area contributed by atoms with Crippen LogP contribution in [-0.2, 0) is 0 Å². The van der Waals surface area contributed by atoms with E-state index in [4.69, 9.17) is 4.74 Å². The summed E-state index contributed by atoms with van der Waals surface area (Å²) >= 11 is 0. The highest BCUT2D eigenvalue weighted by Gasteiger charge is 2.08. The van der Waals surface area contributed by atoms with E-state index < -0.39 is 0 Å². The Labute approximate surface area is 149 Å². The van der Waals surface area contributed by atoms with Gasteiger partial charge in [-0.05, 0) is 66.7 Å². The number of ether oxygens (including phenoxy) is 1. The number of nitrogens with one attached hydrogen (secondary N) is 2. The van der Waals surface area contributed by atoms with Crippen molar-refractivity contribution >= 4 is 22.5 Å². The maximum absolute atomic E-state index is 13.0. The Bertz CT molecular complexity index is 1070. The van der Waals surface area contributed by atoms with Crippen molar-refractivity contribution in [2.24, 2.45) is 0 Å². The number of hydrogen-bond donors (Lipinski definition) is 2. The molecule has 0 aliphatic heterocycles. The second-order valence-corrected chi connectivity index (χ2v) is 5.82. The van der Waals surface area contributed by atoms with Crippen molar-refractivity contribution in [3.8, 4) is 11.5 Å². The van der Waals surface area contributed by atoms with E-state index in [0.717, 1.165) is 10.9 Å². The maximum Gasteiger partial charge on any atom is 0.255 e. The summed E-state index contributed by atoms with van der Waals surface area (Å²) in [6.45, 7) is 0. The number of H-pyrrole nitrogens is 1. The van der Waals surface area contributed by atoms with Gasteiger partial charge in [-0.3, -0.25) is 4.79 Å². The zero-order chi connectivity index (χ0) is 17.9. The molecule has 1 heterocycles. The SMILES string of the molecule is O=C(Nc1ccc(F)cc1)c1cccc(Oc2ccc3[nH]ccc3c2)c1. The Morgan fingerprint density at radius 1 is 0.923 bits per heavy atom. The van der Waals surface area contributed by atoms with Crippen molar-refractivity contribution in [1.82, 2.24) is 4.98 Å². The number of aromatic nitrogens is 1. The summed E-state index contributed by atoms with van der Waals surface area (Å²) in [5.74, 6) is 0.612. The summed E-state index contributed by atoms with van der Waals surface area (Å²) in [7, 11) is 0. The molecule has 0 atom stereocenters. The van der Waals surface area contributed by atoms with Crippen LogP contribution in [0.2, 0.25) is 0 Å². The van der Waals surface area contributed by atoms with E-state index in [1.54, 1.807) is 24.3 Å². The van der Waals surface area contributed by atoms with Crippen molar-refractivity contribution in [2.75, 3.05) is 5.32 Å². The largest absolute Gasteiger partial charge is 0.457 e. The van der Waals surface area contributed by atoms with Gasteiger partial charge < -0.3 is 15.0 Å². The number of hydrogen-bond acceptors (Lipinski definition) is 2. The van der Waals surface area contributed by atoms with Gasteiger partial charge in [0, 0.05) is 28.4 Å². The van der Waals surface area contributed by atoms with E-state index in [1.165, 1.54) is 24.3 Å². The van der Waals surface area contributed by atoms with E-state index in [2.05, 4.69) is 10.3 Å². The molecule has 1 amide bonds. The summed E-state index contributed by atoms with van der Waals surface area (Å²) in [4.78, 5) is 15.5. The number of aromatic amines is 1. The van der Waals surface area contributed by atoms with E-state index in [-0.39, 0.29) is 11.7 Å². The van der Waals surface area contributed by atoms with Crippen LogP contribution in [0.5, 0.6) is 11.5 Å². The molecule has 0 aliphatic rings. The van der Waals surface area contributed by atoms with Gasteiger partial charge in [0.05, 0.1) is 0 Å². The molecule has 0 spiro atoms. The highest BCUT2D eigenvalue weighted by molar-refractivity contribution is 6.04. The molecule has 26 heavy (non-hydrogen) atoms. The lowest BCUT2D eigenvalue weighted by Gasteiger charge is -2.09. The molecule has 0 fully saturated rings. The predicted molar refractivity (Wildman–Crippen MR) is 99.2 cm³/mol. The normalized spacial score (nSPS) is 10.7. The lowest BCUT2D eigenvalue weighted by atomic mass is 10.2. The van der Waals surface area contributed by atoms with Gasteiger partial charge in [0.1, 0.15) is 17.3 Å². The van der Waals surface area contributed by atoms with Crippen molar-refractivity contribution in [3.63, 3.8) is 0 Å². The second kappa shape index (κ2) is 6.72. The Kier molecular flexibility index (Phi) is 4.11. The Hall–Kier alpha value is -3.60. The lowest BCUT2D eigenvalue weighted by molar-refractivity contribution is 0.102. The topological polar surface area (TPSA) is 54.1 Å². The summed E-state index contributed by atoms with van der Waals surface area (Å²) < 4.78 is 18.8. The molecular formula is C21H15FN2O2. The molecule has 4 rings (SSSR count). The minimum atomic E-state index is -0.349. The monoisotopic (exact) mass is 346 g/mol. The van der Waals surface area contributed by atoms with Gasteiger partial charge in [-0.25, -0.2) is 4.39 Å². The van der Waals surface area contributed by atoms with Crippen LogP contribution in [-0.4, -0.2) is 10.9 Å². The molecule has 0 aliphatic carbocycles. The fraction of sp³-hybridized carbons (Fsp3) is 0. The number of amides is 1. The van der Waals surface area contributed by atoms with E-state index in [1.807, 2.05) is 30.5 Å². The van der Waals surface area contributed by atoms with Crippen LogP contribution in [0.1, 0.15) is 10.4 Å². The van der Waals surface area contributed by atoms with Crippen molar-refractivity contribution in [3.05, 3.63) is 90.4 Å². The average Bonchev–Trinajstić information content (AvgIpc) is 3.12. The molecule has 0 unspecified atom stereocenters. The van der Waals surface area contributed by atoms with E-state index >= 15 is 0 Å². The molecule has 4 nitrogen and oxygen atoms in total. The number of benzene rings is 3. The first-order valence-electron chi connectivity index (χ1n) is 8.09. The van der Waals surface area contributed by atoms with Crippen molar-refractivity contribution in [2.45, 2.75) is 0 Å². The minimum absolute atomic E-state index is 0.289. The quantitative estimate of drug-likeness (QED) is 0.523. The zero-order valence-corrected chi connectivity index (χ0v) is 13.7. The number of carbonyl (C=O) groups excluding carboxylic acids is 1. The van der Waals surface area contributed by atoms with Gasteiger partial charge in [-0.15, -0.1) is 0 Å². The Morgan fingerprint density at radius 3 is 2.58 bits per heavy atom. The van der Waals surface area contributed by atoms with E-state index in [0.29, 0.717) is 22.7 Å². The lowest BCUT2D eigenvalue weighted by Crippen LogP contribution is -2.11. The zero-order valence-electron chi connectivity index (χ0n) is 13.7. The van der Waals surface area contributed by atoms with Gasteiger partial charge in [0.15, 0.2) is 0 Å². The molecule has 3 aromatic carbocycles. The van der Waals surface area contributed by atoms with Gasteiger partial charge in [-0.1, -0.05) is 6.07 Å². The summed E-state index contributed by atoms with van der Waals surface area (Å²) in [5, 5.41) is 3.78. The summed E-state index contributed by atoms with van der Waals surface area (Å²) in [6, 6.07) is 20.2. The Morgan fingerprint density at radius 2 is 1.73 bits per heavy atom. The molecule has 2 N–H and O–H groups in total. The number of rotatable bonds is 4. The summed E-state index contributed by atoms with van der Waals surface area (Å²) in [5.41, 5.74) is 2.01. The molecule has 128 valence electrons. The molecule has 5 heteroatoms. The van der Waals surface area contributed by atoms with Crippen LogP contribution in [0.25, 0.3) is 10.9 Å². The molecule has 1 aromatic heterocycles. The third-order valence-electron chi connectivity index (χ3n) is 3.96. The van der Waals surface area contributed by atoms with Crippen molar-refractivity contribution in [1.29, 1.82) is 0 Å². The van der Waals surface area contributed by atoms with Crippen molar-refractivity contribution < 1.29 is 13.9 Å². The second-order valence-electron chi connectivity index (χ2n) is 5.82. The van der Waals surface area contributed by atoms with Gasteiger partial charge in [0.25, 0.3) is 5.91 Å². The van der Waals surface area contributed by atoms with Crippen LogP contribution in [0, 0.1) is 5.82 Å². The smallest absolute Gasteiger partial charge is 0.255 e.